The van der Waals surface area contributed by atoms with Crippen molar-refractivity contribution in [1.82, 2.24) is 9.80 Å². The lowest BCUT2D eigenvalue weighted by molar-refractivity contribution is 0.0729. The van der Waals surface area contributed by atoms with Crippen LogP contribution in [0.4, 0.5) is 0 Å². The van der Waals surface area contributed by atoms with E-state index in [1.165, 1.54) is 4.88 Å². The SMILES string of the molecule is COc1cccc(C(O)CN2CCN(CCc3cccs3)CC2)c1. The maximum Gasteiger partial charge on any atom is 0.119 e. The van der Waals surface area contributed by atoms with Crippen LogP contribution in [0.2, 0.25) is 0 Å². The molecule has 0 aliphatic carbocycles. The maximum absolute atomic E-state index is 10.5. The molecule has 24 heavy (non-hydrogen) atoms. The topological polar surface area (TPSA) is 35.9 Å². The normalized spacial score (nSPS) is 17.8. The number of thiophene rings is 1. The maximum atomic E-state index is 10.5. The molecule has 3 rings (SSSR count). The number of rotatable bonds is 7. The lowest BCUT2D eigenvalue weighted by atomic mass is 10.1. The van der Waals surface area contributed by atoms with Crippen molar-refractivity contribution in [2.45, 2.75) is 12.5 Å². The van der Waals surface area contributed by atoms with Crippen LogP contribution < -0.4 is 4.74 Å². The van der Waals surface area contributed by atoms with Crippen LogP contribution in [0, 0.1) is 0 Å². The minimum absolute atomic E-state index is 0.460. The molecule has 0 spiro atoms. The Morgan fingerprint density at radius 3 is 2.62 bits per heavy atom. The summed E-state index contributed by atoms with van der Waals surface area (Å²) in [6.45, 7) is 6.02. The summed E-state index contributed by atoms with van der Waals surface area (Å²) in [5, 5.41) is 12.6. The lowest BCUT2D eigenvalue weighted by Gasteiger charge is -2.35. The van der Waals surface area contributed by atoms with Gasteiger partial charge in [0.1, 0.15) is 5.75 Å². The monoisotopic (exact) mass is 346 g/mol. The van der Waals surface area contributed by atoms with Crippen molar-refractivity contribution in [3.8, 4) is 5.75 Å². The molecule has 0 amide bonds. The molecule has 1 fully saturated rings. The number of aliphatic hydroxyl groups excluding tert-OH is 1. The van der Waals surface area contributed by atoms with Crippen molar-refractivity contribution in [2.24, 2.45) is 0 Å². The highest BCUT2D eigenvalue weighted by Crippen LogP contribution is 2.20. The fraction of sp³-hybridized carbons (Fsp3) is 0.474. The molecule has 1 unspecified atom stereocenters. The zero-order chi connectivity index (χ0) is 16.8. The quantitative estimate of drug-likeness (QED) is 0.836. The van der Waals surface area contributed by atoms with E-state index in [-0.39, 0.29) is 0 Å². The number of nitrogens with zero attached hydrogens (tertiary/aromatic N) is 2. The predicted molar refractivity (Wildman–Crippen MR) is 98.9 cm³/mol. The number of β-amino-alcohol motifs (C(OH)–C–C–N with tert-alkyl or cyclic N) is 1. The number of piperazine rings is 1. The summed E-state index contributed by atoms with van der Waals surface area (Å²) in [4.78, 5) is 6.34. The molecule has 0 saturated carbocycles. The van der Waals surface area contributed by atoms with Crippen molar-refractivity contribution in [3.63, 3.8) is 0 Å². The van der Waals surface area contributed by atoms with Crippen molar-refractivity contribution in [1.29, 1.82) is 0 Å². The Kier molecular flexibility index (Phi) is 6.26. The number of ether oxygens (including phenoxy) is 1. The van der Waals surface area contributed by atoms with Crippen molar-refractivity contribution in [2.75, 3.05) is 46.4 Å². The Balaban J connectivity index is 1.43. The van der Waals surface area contributed by atoms with Crippen LogP contribution in [-0.4, -0.2) is 61.3 Å². The summed E-state index contributed by atoms with van der Waals surface area (Å²) in [7, 11) is 1.65. The highest BCUT2D eigenvalue weighted by molar-refractivity contribution is 7.09. The van der Waals surface area contributed by atoms with Crippen LogP contribution in [0.25, 0.3) is 0 Å². The Bertz CT molecular complexity index is 610. The number of hydrogen-bond donors (Lipinski definition) is 1. The van der Waals surface area contributed by atoms with Gasteiger partial charge in [-0.15, -0.1) is 11.3 Å². The highest BCUT2D eigenvalue weighted by Gasteiger charge is 2.20. The average molecular weight is 346 g/mol. The zero-order valence-electron chi connectivity index (χ0n) is 14.2. The van der Waals surface area contributed by atoms with Crippen LogP contribution in [-0.2, 0) is 6.42 Å². The van der Waals surface area contributed by atoms with E-state index in [0.29, 0.717) is 6.54 Å². The standard InChI is InChI=1S/C19H26N2O2S/c1-23-17-5-2-4-16(14-17)19(22)15-21-11-9-20(10-12-21)8-7-18-6-3-13-24-18/h2-6,13-14,19,22H,7-12,15H2,1H3. The van der Waals surface area contributed by atoms with E-state index < -0.39 is 6.10 Å². The third-order valence-electron chi connectivity index (χ3n) is 4.63. The number of methoxy groups -OCH3 is 1. The van der Waals surface area contributed by atoms with Crippen LogP contribution in [0.5, 0.6) is 5.75 Å². The highest BCUT2D eigenvalue weighted by atomic mass is 32.1. The molecule has 1 aliphatic heterocycles. The fourth-order valence-corrected chi connectivity index (χ4v) is 3.82. The molecule has 1 saturated heterocycles. The molecule has 1 aromatic heterocycles. The first-order chi connectivity index (χ1) is 11.7. The van der Waals surface area contributed by atoms with E-state index in [9.17, 15) is 5.11 Å². The van der Waals surface area contributed by atoms with E-state index in [2.05, 4.69) is 27.3 Å². The van der Waals surface area contributed by atoms with Gasteiger partial charge in [0.15, 0.2) is 0 Å². The molecule has 130 valence electrons. The molecule has 0 bridgehead atoms. The molecule has 2 aromatic rings. The smallest absolute Gasteiger partial charge is 0.119 e. The first-order valence-electron chi connectivity index (χ1n) is 8.53. The van der Waals surface area contributed by atoms with E-state index in [1.807, 2.05) is 35.6 Å². The number of hydrogen-bond acceptors (Lipinski definition) is 5. The van der Waals surface area contributed by atoms with Gasteiger partial charge in [-0.3, -0.25) is 4.90 Å². The van der Waals surface area contributed by atoms with Crippen molar-refractivity contribution >= 4 is 11.3 Å². The molecule has 1 aliphatic rings. The van der Waals surface area contributed by atoms with Crippen LogP contribution in [0.3, 0.4) is 0 Å². The second kappa shape index (κ2) is 8.62. The van der Waals surface area contributed by atoms with Gasteiger partial charge in [-0.1, -0.05) is 18.2 Å². The van der Waals surface area contributed by atoms with Gasteiger partial charge in [0.25, 0.3) is 0 Å². The predicted octanol–water partition coefficient (Wildman–Crippen LogP) is 2.65. The van der Waals surface area contributed by atoms with Gasteiger partial charge >= 0.3 is 0 Å². The molecule has 1 atom stereocenters. The van der Waals surface area contributed by atoms with Gasteiger partial charge in [-0.05, 0) is 35.6 Å². The Labute approximate surface area is 148 Å². The molecule has 4 nitrogen and oxygen atoms in total. The van der Waals surface area contributed by atoms with E-state index in [4.69, 9.17) is 4.74 Å². The third-order valence-corrected chi connectivity index (χ3v) is 5.57. The third kappa shape index (κ3) is 4.80. The van der Waals surface area contributed by atoms with Gasteiger partial charge in [0, 0.05) is 44.1 Å². The minimum atomic E-state index is -0.460. The summed E-state index contributed by atoms with van der Waals surface area (Å²) >= 11 is 1.84. The lowest BCUT2D eigenvalue weighted by Crippen LogP contribution is -2.47. The summed E-state index contributed by atoms with van der Waals surface area (Å²) in [6.07, 6.45) is 0.683. The fourth-order valence-electron chi connectivity index (χ4n) is 3.12. The first-order valence-corrected chi connectivity index (χ1v) is 9.41. The largest absolute Gasteiger partial charge is 0.497 e. The second-order valence-electron chi connectivity index (χ2n) is 6.26. The summed E-state index contributed by atoms with van der Waals surface area (Å²) < 4.78 is 5.24. The second-order valence-corrected chi connectivity index (χ2v) is 7.30. The Hall–Kier alpha value is -1.40. The Morgan fingerprint density at radius 1 is 1.12 bits per heavy atom. The van der Waals surface area contributed by atoms with Gasteiger partial charge in [-0.2, -0.15) is 0 Å². The van der Waals surface area contributed by atoms with Gasteiger partial charge in [0.2, 0.25) is 0 Å². The summed E-state index contributed by atoms with van der Waals surface area (Å²) in [5.41, 5.74) is 0.925. The van der Waals surface area contributed by atoms with E-state index >= 15 is 0 Å². The molecule has 1 N–H and O–H groups in total. The van der Waals surface area contributed by atoms with Crippen LogP contribution in [0.1, 0.15) is 16.5 Å². The van der Waals surface area contributed by atoms with Crippen molar-refractivity contribution in [3.05, 3.63) is 52.2 Å². The van der Waals surface area contributed by atoms with E-state index in [0.717, 1.165) is 50.5 Å². The zero-order valence-corrected chi connectivity index (χ0v) is 15.0. The molecule has 2 heterocycles. The van der Waals surface area contributed by atoms with E-state index in [1.54, 1.807) is 7.11 Å². The molecular formula is C19H26N2O2S. The van der Waals surface area contributed by atoms with Crippen LogP contribution >= 0.6 is 11.3 Å². The van der Waals surface area contributed by atoms with Gasteiger partial charge < -0.3 is 14.7 Å². The number of aliphatic hydroxyl groups is 1. The van der Waals surface area contributed by atoms with Crippen molar-refractivity contribution < 1.29 is 9.84 Å². The molecule has 5 heteroatoms. The summed E-state index contributed by atoms with van der Waals surface area (Å²) in [6, 6.07) is 12.1. The Morgan fingerprint density at radius 2 is 1.92 bits per heavy atom. The number of benzene rings is 1. The first kappa shape index (κ1) is 17.4. The molecule has 0 radical (unpaired) electrons. The van der Waals surface area contributed by atoms with Gasteiger partial charge in [0.05, 0.1) is 13.2 Å². The van der Waals surface area contributed by atoms with Gasteiger partial charge in [-0.25, -0.2) is 0 Å². The molecular weight excluding hydrogens is 320 g/mol. The summed E-state index contributed by atoms with van der Waals surface area (Å²) in [5.74, 6) is 0.796. The average Bonchev–Trinajstić information content (AvgIpc) is 3.15. The molecule has 1 aromatic carbocycles. The minimum Gasteiger partial charge on any atom is -0.497 e. The van der Waals surface area contributed by atoms with Crippen LogP contribution in [0.15, 0.2) is 41.8 Å².